The number of anilines is 1. The molecule has 5 rings (SSSR count). The van der Waals surface area contributed by atoms with Crippen LogP contribution in [-0.2, 0) is 10.9 Å². The summed E-state index contributed by atoms with van der Waals surface area (Å²) in [6.07, 6.45) is 2.64. The van der Waals surface area contributed by atoms with E-state index in [1.165, 1.54) is 6.20 Å². The number of halogens is 3. The van der Waals surface area contributed by atoms with Crippen LogP contribution in [0, 0.1) is 0 Å². The number of hydrogen-bond acceptors (Lipinski definition) is 6. The predicted octanol–water partition coefficient (Wildman–Crippen LogP) is 4.44. The maximum Gasteiger partial charge on any atom is 0.419 e. The van der Waals surface area contributed by atoms with E-state index in [-0.39, 0.29) is 23.8 Å². The highest BCUT2D eigenvalue weighted by Crippen LogP contribution is 2.39. The van der Waals surface area contributed by atoms with Crippen LogP contribution in [0.1, 0.15) is 49.5 Å². The van der Waals surface area contributed by atoms with Crippen molar-refractivity contribution in [1.29, 1.82) is 0 Å². The number of rotatable bonds is 4. The molecule has 0 saturated carbocycles. The van der Waals surface area contributed by atoms with Crippen molar-refractivity contribution in [3.8, 4) is 11.3 Å². The lowest BCUT2D eigenvalue weighted by Gasteiger charge is -2.24. The van der Waals surface area contributed by atoms with Gasteiger partial charge in [-0.1, -0.05) is 0 Å². The molecule has 7 nitrogen and oxygen atoms in total. The smallest absolute Gasteiger partial charge is 0.372 e. The van der Waals surface area contributed by atoms with E-state index in [2.05, 4.69) is 30.6 Å². The molecule has 2 unspecified atom stereocenters. The standard InChI is InChI=1S/C22H25F3N6O/c23-22(24,25)16-12-28-21(29-13-4-3-8-26-10-13)31-19(16)15-11-27-20-14(15)6-7-17(30-20)18-5-1-2-9-32-18/h6-7,11-13,18,26H,1-5,8-10H2,(H,27,30)(H,28,29,31). The monoisotopic (exact) mass is 446 g/mol. The number of nitrogens with one attached hydrogen (secondary N) is 3. The fraction of sp³-hybridized carbons (Fsp3) is 0.500. The molecular weight excluding hydrogens is 421 g/mol. The van der Waals surface area contributed by atoms with Crippen LogP contribution in [0.4, 0.5) is 19.1 Å². The van der Waals surface area contributed by atoms with Crippen molar-refractivity contribution in [2.24, 2.45) is 0 Å². The first-order valence-electron chi connectivity index (χ1n) is 11.0. The number of hydrogen-bond donors (Lipinski definition) is 3. The zero-order valence-corrected chi connectivity index (χ0v) is 17.5. The van der Waals surface area contributed by atoms with E-state index in [1.54, 1.807) is 6.07 Å². The molecule has 0 radical (unpaired) electrons. The number of aromatic amines is 1. The van der Waals surface area contributed by atoms with Crippen molar-refractivity contribution in [2.75, 3.05) is 25.0 Å². The van der Waals surface area contributed by atoms with Crippen LogP contribution in [0.15, 0.2) is 24.5 Å². The summed E-state index contributed by atoms with van der Waals surface area (Å²) in [5, 5.41) is 7.02. The maximum absolute atomic E-state index is 13.8. The highest BCUT2D eigenvalue weighted by Gasteiger charge is 2.36. The lowest BCUT2D eigenvalue weighted by molar-refractivity contribution is -0.137. The third-order valence-electron chi connectivity index (χ3n) is 6.05. The molecule has 3 N–H and O–H groups in total. The van der Waals surface area contributed by atoms with Gasteiger partial charge in [-0.15, -0.1) is 0 Å². The minimum Gasteiger partial charge on any atom is -0.372 e. The molecule has 2 aliphatic rings. The van der Waals surface area contributed by atoms with Crippen LogP contribution in [-0.4, -0.2) is 45.7 Å². The van der Waals surface area contributed by atoms with Crippen molar-refractivity contribution in [3.05, 3.63) is 35.8 Å². The molecular formula is C22H25F3N6O. The Balaban J connectivity index is 1.52. The van der Waals surface area contributed by atoms with Gasteiger partial charge in [0.05, 0.1) is 17.5 Å². The predicted molar refractivity (Wildman–Crippen MR) is 114 cm³/mol. The Morgan fingerprint density at radius 1 is 1.09 bits per heavy atom. The molecule has 3 aromatic rings. The van der Waals surface area contributed by atoms with Crippen LogP contribution in [0.3, 0.4) is 0 Å². The number of H-pyrrole nitrogens is 1. The van der Waals surface area contributed by atoms with Crippen molar-refractivity contribution in [1.82, 2.24) is 25.3 Å². The van der Waals surface area contributed by atoms with Crippen molar-refractivity contribution in [2.45, 2.75) is 50.4 Å². The van der Waals surface area contributed by atoms with Gasteiger partial charge < -0.3 is 20.4 Å². The summed E-state index contributed by atoms with van der Waals surface area (Å²) in [4.78, 5) is 15.9. The first-order valence-corrected chi connectivity index (χ1v) is 11.0. The second kappa shape index (κ2) is 8.67. The normalized spacial score (nSPS) is 22.2. The van der Waals surface area contributed by atoms with Crippen LogP contribution < -0.4 is 10.6 Å². The summed E-state index contributed by atoms with van der Waals surface area (Å²) in [6, 6.07) is 3.70. The number of fused-ring (bicyclic) bond motifs is 1. The van der Waals surface area contributed by atoms with Gasteiger partial charge in [-0.25, -0.2) is 15.0 Å². The van der Waals surface area contributed by atoms with Gasteiger partial charge in [0, 0.05) is 42.5 Å². The highest BCUT2D eigenvalue weighted by atomic mass is 19.4. The van der Waals surface area contributed by atoms with E-state index >= 15 is 0 Å². The topological polar surface area (TPSA) is 87.8 Å². The fourth-order valence-electron chi connectivity index (χ4n) is 4.39. The highest BCUT2D eigenvalue weighted by molar-refractivity contribution is 5.93. The number of alkyl halides is 3. The number of pyridine rings is 1. The molecule has 3 aromatic heterocycles. The third kappa shape index (κ3) is 4.29. The van der Waals surface area contributed by atoms with Gasteiger partial charge in [0.25, 0.3) is 0 Å². The Morgan fingerprint density at radius 3 is 2.75 bits per heavy atom. The van der Waals surface area contributed by atoms with Gasteiger partial charge in [-0.05, 0) is 50.8 Å². The van der Waals surface area contributed by atoms with Gasteiger partial charge >= 0.3 is 6.18 Å². The molecule has 170 valence electrons. The van der Waals surface area contributed by atoms with Crippen LogP contribution in [0.25, 0.3) is 22.3 Å². The summed E-state index contributed by atoms with van der Waals surface area (Å²) >= 11 is 0. The second-order valence-corrected chi connectivity index (χ2v) is 8.33. The van der Waals surface area contributed by atoms with Crippen LogP contribution in [0.5, 0.6) is 0 Å². The zero-order chi connectivity index (χ0) is 22.1. The van der Waals surface area contributed by atoms with Gasteiger partial charge in [0.1, 0.15) is 11.2 Å². The molecule has 2 atom stereocenters. The lowest BCUT2D eigenvalue weighted by Crippen LogP contribution is -2.38. The molecule has 0 bridgehead atoms. The molecule has 0 amide bonds. The van der Waals surface area contributed by atoms with Crippen molar-refractivity contribution in [3.63, 3.8) is 0 Å². The first kappa shape index (κ1) is 21.1. The van der Waals surface area contributed by atoms with Gasteiger partial charge in [0.15, 0.2) is 0 Å². The van der Waals surface area contributed by atoms with Crippen molar-refractivity contribution < 1.29 is 17.9 Å². The Kier molecular flexibility index (Phi) is 5.73. The van der Waals surface area contributed by atoms with E-state index in [9.17, 15) is 13.2 Å². The molecule has 0 aliphatic carbocycles. The minimum atomic E-state index is -4.58. The average Bonchev–Trinajstić information content (AvgIpc) is 3.23. The van der Waals surface area contributed by atoms with E-state index in [4.69, 9.17) is 4.74 Å². The number of ether oxygens (including phenoxy) is 1. The van der Waals surface area contributed by atoms with Gasteiger partial charge in [0.2, 0.25) is 5.95 Å². The quantitative estimate of drug-likeness (QED) is 0.549. The Labute approximate surface area is 183 Å². The Hall–Kier alpha value is -2.72. The fourth-order valence-corrected chi connectivity index (χ4v) is 4.39. The molecule has 5 heterocycles. The summed E-state index contributed by atoms with van der Waals surface area (Å²) in [5.74, 6) is 0.191. The van der Waals surface area contributed by atoms with E-state index in [1.807, 2.05) is 6.07 Å². The molecule has 0 aromatic carbocycles. The SMILES string of the molecule is FC(F)(F)c1cnc(NC2CCCNC2)nc1-c1c[nH]c2nc(C3CCCCO3)ccc12. The molecule has 2 saturated heterocycles. The number of piperidine rings is 1. The number of aromatic nitrogens is 4. The molecule has 2 aliphatic heterocycles. The largest absolute Gasteiger partial charge is 0.419 e. The summed E-state index contributed by atoms with van der Waals surface area (Å²) in [7, 11) is 0. The number of nitrogens with zero attached hydrogens (tertiary/aromatic N) is 3. The minimum absolute atomic E-state index is 0.0791. The third-order valence-corrected chi connectivity index (χ3v) is 6.05. The molecule has 10 heteroatoms. The van der Waals surface area contributed by atoms with E-state index in [0.29, 0.717) is 23.2 Å². The summed E-state index contributed by atoms with van der Waals surface area (Å²) < 4.78 is 47.2. The summed E-state index contributed by atoms with van der Waals surface area (Å²) in [5.41, 5.74) is 0.628. The zero-order valence-electron chi connectivity index (χ0n) is 17.5. The van der Waals surface area contributed by atoms with E-state index in [0.717, 1.165) is 57.1 Å². The molecule has 32 heavy (non-hydrogen) atoms. The molecule has 0 spiro atoms. The van der Waals surface area contributed by atoms with Gasteiger partial charge in [-0.3, -0.25) is 0 Å². The second-order valence-electron chi connectivity index (χ2n) is 8.33. The van der Waals surface area contributed by atoms with E-state index < -0.39 is 11.7 Å². The Bertz CT molecular complexity index is 1090. The van der Waals surface area contributed by atoms with Crippen LogP contribution in [0.2, 0.25) is 0 Å². The van der Waals surface area contributed by atoms with Crippen LogP contribution >= 0.6 is 0 Å². The maximum atomic E-state index is 13.8. The molecule has 2 fully saturated rings. The summed E-state index contributed by atoms with van der Waals surface area (Å²) in [6.45, 7) is 2.36. The first-order chi connectivity index (χ1) is 15.5. The van der Waals surface area contributed by atoms with Gasteiger partial charge in [-0.2, -0.15) is 13.2 Å². The average molecular weight is 446 g/mol. The Morgan fingerprint density at radius 2 is 2.00 bits per heavy atom. The van der Waals surface area contributed by atoms with Crippen molar-refractivity contribution >= 4 is 17.0 Å². The lowest BCUT2D eigenvalue weighted by atomic mass is 10.0.